The van der Waals surface area contributed by atoms with Crippen molar-refractivity contribution in [1.29, 1.82) is 0 Å². The SMILES string of the molecule is C=C1[NH+]=c2ccccc2=C1C(=O)OCC. The Bertz CT molecular complexity index is 543. The molecule has 2 rings (SSSR count). The number of nitrogens with one attached hydrogen (secondary N) is 1. The Morgan fingerprint density at radius 1 is 1.47 bits per heavy atom. The first-order chi connectivity index (χ1) is 7.24. The number of carbonyl (C=O) groups is 1. The van der Waals surface area contributed by atoms with Crippen LogP contribution >= 0.6 is 0 Å². The molecule has 76 valence electrons. The maximum absolute atomic E-state index is 11.7. The molecule has 3 heteroatoms. The summed E-state index contributed by atoms with van der Waals surface area (Å²) in [6.45, 7) is 5.96. The summed E-state index contributed by atoms with van der Waals surface area (Å²) in [5.41, 5.74) is 1.14. The second-order valence-corrected chi connectivity index (χ2v) is 3.24. The van der Waals surface area contributed by atoms with Gasteiger partial charge in [-0.15, -0.1) is 0 Å². The van der Waals surface area contributed by atoms with E-state index in [0.717, 1.165) is 10.6 Å². The van der Waals surface area contributed by atoms with Crippen LogP contribution in [0.5, 0.6) is 0 Å². The Kier molecular flexibility index (Phi) is 2.37. The Balaban J connectivity index is 2.63. The van der Waals surface area contributed by atoms with Gasteiger partial charge < -0.3 is 4.74 Å². The van der Waals surface area contributed by atoms with Crippen molar-refractivity contribution in [1.82, 2.24) is 0 Å². The van der Waals surface area contributed by atoms with Gasteiger partial charge in [0.1, 0.15) is 5.57 Å². The largest absolute Gasteiger partial charge is 0.462 e. The highest BCUT2D eigenvalue weighted by Gasteiger charge is 2.24. The molecule has 1 heterocycles. The Morgan fingerprint density at radius 3 is 2.93 bits per heavy atom. The lowest BCUT2D eigenvalue weighted by molar-refractivity contribution is -0.431. The fraction of sp³-hybridized carbons (Fsp3) is 0.167. The van der Waals surface area contributed by atoms with E-state index in [-0.39, 0.29) is 5.97 Å². The third kappa shape index (κ3) is 1.56. The second-order valence-electron chi connectivity index (χ2n) is 3.24. The predicted molar refractivity (Wildman–Crippen MR) is 54.9 cm³/mol. The van der Waals surface area contributed by atoms with Crippen LogP contribution in [0.2, 0.25) is 0 Å². The van der Waals surface area contributed by atoms with Crippen LogP contribution in [-0.2, 0) is 9.53 Å². The highest BCUT2D eigenvalue weighted by Crippen LogP contribution is 2.03. The van der Waals surface area contributed by atoms with E-state index in [2.05, 4.69) is 11.6 Å². The van der Waals surface area contributed by atoms with Gasteiger partial charge in [-0.1, -0.05) is 12.1 Å². The van der Waals surface area contributed by atoms with Gasteiger partial charge in [0.05, 0.1) is 11.8 Å². The Hall–Kier alpha value is -1.90. The number of fused-ring (bicyclic) bond motifs is 1. The normalized spacial score (nSPS) is 13.4. The zero-order chi connectivity index (χ0) is 10.8. The second kappa shape index (κ2) is 3.69. The summed E-state index contributed by atoms with van der Waals surface area (Å²) >= 11 is 0. The molecular formula is C12H12NO2+. The minimum atomic E-state index is -0.319. The maximum atomic E-state index is 11.7. The maximum Gasteiger partial charge on any atom is 0.345 e. The van der Waals surface area contributed by atoms with Gasteiger partial charge in [-0.05, 0) is 19.6 Å². The fourth-order valence-electron chi connectivity index (χ4n) is 1.63. The molecule has 0 aliphatic carbocycles. The molecule has 0 bridgehead atoms. The van der Waals surface area contributed by atoms with Gasteiger partial charge in [-0.25, -0.2) is 9.79 Å². The van der Waals surface area contributed by atoms with Gasteiger partial charge in [0, 0.05) is 6.07 Å². The first kappa shape index (κ1) is 9.65. The molecule has 0 spiro atoms. The third-order valence-electron chi connectivity index (χ3n) is 2.26. The van der Waals surface area contributed by atoms with Crippen molar-refractivity contribution in [2.75, 3.05) is 6.61 Å². The molecule has 0 atom stereocenters. The van der Waals surface area contributed by atoms with E-state index in [4.69, 9.17) is 4.74 Å². The van der Waals surface area contributed by atoms with Gasteiger partial charge >= 0.3 is 5.97 Å². The van der Waals surface area contributed by atoms with E-state index >= 15 is 0 Å². The Labute approximate surface area is 87.4 Å². The predicted octanol–water partition coefficient (Wildman–Crippen LogP) is -1.37. The number of benzene rings is 1. The number of hydrogen-bond donors (Lipinski definition) is 1. The molecule has 0 saturated heterocycles. The molecular weight excluding hydrogens is 190 g/mol. The average molecular weight is 202 g/mol. The van der Waals surface area contributed by atoms with Crippen LogP contribution < -0.4 is 15.6 Å². The average Bonchev–Trinajstić information content (AvgIpc) is 2.54. The number of para-hydroxylation sites is 1. The standard InChI is InChI=1S/C12H11NO2/c1-3-15-12(14)11-8(2)13-10-7-5-4-6-9(10)11/h4-7H,2-3H2,1H3/p+1. The lowest BCUT2D eigenvalue weighted by Gasteiger charge is -1.99. The van der Waals surface area contributed by atoms with Gasteiger partial charge in [-0.3, -0.25) is 0 Å². The Morgan fingerprint density at radius 2 is 2.20 bits per heavy atom. The summed E-state index contributed by atoms with van der Waals surface area (Å²) in [4.78, 5) is 14.7. The summed E-state index contributed by atoms with van der Waals surface area (Å²) in [7, 11) is 0. The van der Waals surface area contributed by atoms with E-state index in [9.17, 15) is 4.79 Å². The lowest BCUT2D eigenvalue weighted by atomic mass is 10.1. The quantitative estimate of drug-likeness (QED) is 0.601. The van der Waals surface area contributed by atoms with Gasteiger partial charge in [0.2, 0.25) is 11.1 Å². The van der Waals surface area contributed by atoms with Crippen molar-refractivity contribution < 1.29 is 14.5 Å². The highest BCUT2D eigenvalue weighted by molar-refractivity contribution is 6.14. The van der Waals surface area contributed by atoms with E-state index in [1.165, 1.54) is 0 Å². The lowest BCUT2D eigenvalue weighted by Crippen LogP contribution is -2.73. The summed E-state index contributed by atoms with van der Waals surface area (Å²) in [6.07, 6.45) is 0. The number of ether oxygens (including phenoxy) is 1. The minimum absolute atomic E-state index is 0.319. The minimum Gasteiger partial charge on any atom is -0.462 e. The zero-order valence-electron chi connectivity index (χ0n) is 8.54. The van der Waals surface area contributed by atoms with E-state index in [0.29, 0.717) is 17.9 Å². The van der Waals surface area contributed by atoms with Crippen molar-refractivity contribution in [3.63, 3.8) is 0 Å². The molecule has 15 heavy (non-hydrogen) atoms. The van der Waals surface area contributed by atoms with Crippen LogP contribution in [0.15, 0.2) is 36.5 Å². The van der Waals surface area contributed by atoms with Gasteiger partial charge in [0.25, 0.3) is 0 Å². The molecule has 1 aliphatic heterocycles. The van der Waals surface area contributed by atoms with Gasteiger partial charge in [-0.2, -0.15) is 0 Å². The number of rotatable bonds is 2. The smallest absolute Gasteiger partial charge is 0.345 e. The van der Waals surface area contributed by atoms with Crippen LogP contribution in [0, 0.1) is 0 Å². The number of hydrogen-bond acceptors (Lipinski definition) is 2. The topological polar surface area (TPSA) is 40.3 Å². The molecule has 1 aromatic carbocycles. The van der Waals surface area contributed by atoms with Crippen LogP contribution in [-0.4, -0.2) is 12.6 Å². The zero-order valence-corrected chi connectivity index (χ0v) is 8.54. The summed E-state index contributed by atoms with van der Waals surface area (Å²) in [5.74, 6) is -0.319. The number of carbonyl (C=O) groups excluding carboxylic acids is 1. The van der Waals surface area contributed by atoms with Crippen molar-refractivity contribution >= 4 is 11.5 Å². The van der Waals surface area contributed by atoms with Gasteiger partial charge in [0.15, 0.2) is 0 Å². The van der Waals surface area contributed by atoms with Crippen molar-refractivity contribution in [3.05, 3.63) is 47.1 Å². The first-order valence-corrected chi connectivity index (χ1v) is 4.83. The molecule has 1 aliphatic rings. The molecule has 0 saturated carbocycles. The highest BCUT2D eigenvalue weighted by atomic mass is 16.5. The van der Waals surface area contributed by atoms with Crippen molar-refractivity contribution in [2.24, 2.45) is 0 Å². The van der Waals surface area contributed by atoms with Crippen LogP contribution in [0.3, 0.4) is 0 Å². The molecule has 0 amide bonds. The van der Waals surface area contributed by atoms with Crippen molar-refractivity contribution in [3.8, 4) is 0 Å². The molecule has 1 N–H and O–H groups in total. The molecule has 3 nitrogen and oxygen atoms in total. The van der Waals surface area contributed by atoms with E-state index < -0.39 is 0 Å². The molecule has 0 radical (unpaired) electrons. The van der Waals surface area contributed by atoms with E-state index in [1.54, 1.807) is 6.92 Å². The first-order valence-electron chi connectivity index (χ1n) is 4.83. The third-order valence-corrected chi connectivity index (χ3v) is 2.26. The van der Waals surface area contributed by atoms with Crippen LogP contribution in [0.1, 0.15) is 6.92 Å². The van der Waals surface area contributed by atoms with Crippen LogP contribution in [0.25, 0.3) is 5.57 Å². The molecule has 0 fully saturated rings. The summed E-state index contributed by atoms with van der Waals surface area (Å²) in [6, 6.07) is 7.59. The molecule has 0 aromatic heterocycles. The summed E-state index contributed by atoms with van der Waals surface area (Å²) < 4.78 is 4.98. The fourth-order valence-corrected chi connectivity index (χ4v) is 1.63. The monoisotopic (exact) mass is 202 g/mol. The van der Waals surface area contributed by atoms with Crippen LogP contribution in [0.4, 0.5) is 0 Å². The van der Waals surface area contributed by atoms with Crippen molar-refractivity contribution in [2.45, 2.75) is 6.92 Å². The van der Waals surface area contributed by atoms with E-state index in [1.807, 2.05) is 24.3 Å². The summed E-state index contributed by atoms with van der Waals surface area (Å²) in [5, 5.41) is 1.77. The molecule has 1 aromatic rings. The number of esters is 1. The molecule has 0 unspecified atom stereocenters.